The average molecular weight is 248 g/mol. The average Bonchev–Trinajstić information content (AvgIpc) is 2.78. The van der Waals surface area contributed by atoms with Crippen LogP contribution in [0.1, 0.15) is 6.42 Å². The molecule has 0 aromatic heterocycles. The predicted octanol–water partition coefficient (Wildman–Crippen LogP) is 0.265. The number of nitrogen functional groups attached to an aromatic ring is 1. The van der Waals surface area contributed by atoms with E-state index in [2.05, 4.69) is 4.90 Å². The van der Waals surface area contributed by atoms with E-state index in [0.29, 0.717) is 12.6 Å². The maximum absolute atomic E-state index is 10.9. The van der Waals surface area contributed by atoms with Crippen molar-refractivity contribution in [3.63, 3.8) is 0 Å². The molecule has 98 valence electrons. The number of primary amides is 1. The Morgan fingerprint density at radius 3 is 2.89 bits per heavy atom. The van der Waals surface area contributed by atoms with Gasteiger partial charge in [0.2, 0.25) is 5.91 Å². The molecule has 1 aromatic carbocycles. The van der Waals surface area contributed by atoms with Gasteiger partial charge in [0.15, 0.2) is 0 Å². The van der Waals surface area contributed by atoms with Crippen molar-refractivity contribution in [3.05, 3.63) is 24.3 Å². The van der Waals surface area contributed by atoms with Crippen LogP contribution in [0.15, 0.2) is 24.3 Å². The summed E-state index contributed by atoms with van der Waals surface area (Å²) < 4.78 is 0. The summed E-state index contributed by atoms with van der Waals surface area (Å²) in [7, 11) is 1.94. The quantitative estimate of drug-likeness (QED) is 0.750. The molecular weight excluding hydrogens is 228 g/mol. The predicted molar refractivity (Wildman–Crippen MR) is 73.3 cm³/mol. The largest absolute Gasteiger partial charge is 0.397 e. The molecule has 5 nitrogen and oxygen atoms in total. The molecule has 0 bridgehead atoms. The number of hydrogen-bond acceptors (Lipinski definition) is 4. The fraction of sp³-hybridized carbons (Fsp3) is 0.462. The molecule has 1 atom stereocenters. The van der Waals surface area contributed by atoms with Crippen LogP contribution < -0.4 is 16.4 Å². The molecule has 5 heteroatoms. The maximum atomic E-state index is 10.9. The van der Waals surface area contributed by atoms with E-state index >= 15 is 0 Å². The second kappa shape index (κ2) is 5.27. The highest BCUT2D eigenvalue weighted by Gasteiger charge is 2.27. The molecular formula is C13H20N4O. The van der Waals surface area contributed by atoms with Gasteiger partial charge in [0.05, 0.1) is 17.9 Å². The van der Waals surface area contributed by atoms with E-state index in [-0.39, 0.29) is 5.91 Å². The first-order valence-corrected chi connectivity index (χ1v) is 6.16. The molecule has 1 fully saturated rings. The lowest BCUT2D eigenvalue weighted by Gasteiger charge is -2.24. The molecule has 1 heterocycles. The van der Waals surface area contributed by atoms with Gasteiger partial charge in [-0.1, -0.05) is 12.1 Å². The molecule has 1 saturated heterocycles. The van der Waals surface area contributed by atoms with Crippen LogP contribution in [0.25, 0.3) is 0 Å². The van der Waals surface area contributed by atoms with E-state index in [9.17, 15) is 4.79 Å². The number of benzene rings is 1. The fourth-order valence-electron chi connectivity index (χ4n) is 2.47. The molecule has 1 amide bonds. The molecule has 1 aliphatic heterocycles. The first kappa shape index (κ1) is 12.7. The second-order valence-corrected chi connectivity index (χ2v) is 4.83. The van der Waals surface area contributed by atoms with E-state index in [4.69, 9.17) is 11.5 Å². The second-order valence-electron chi connectivity index (χ2n) is 4.83. The van der Waals surface area contributed by atoms with Gasteiger partial charge in [0.1, 0.15) is 0 Å². The molecule has 0 unspecified atom stereocenters. The van der Waals surface area contributed by atoms with Crippen molar-refractivity contribution < 1.29 is 4.79 Å². The number of carbonyl (C=O) groups excluding carboxylic acids is 1. The number of rotatable bonds is 4. The van der Waals surface area contributed by atoms with Gasteiger partial charge in [-0.05, 0) is 25.6 Å². The zero-order valence-corrected chi connectivity index (χ0v) is 10.7. The maximum Gasteiger partial charge on any atom is 0.231 e. The van der Waals surface area contributed by atoms with Gasteiger partial charge >= 0.3 is 0 Å². The highest BCUT2D eigenvalue weighted by Crippen LogP contribution is 2.27. The Bertz CT molecular complexity index is 435. The number of anilines is 2. The zero-order chi connectivity index (χ0) is 13.1. The van der Waals surface area contributed by atoms with Crippen LogP contribution in [-0.4, -0.2) is 43.5 Å². The number of nitrogens with two attached hydrogens (primary N) is 2. The summed E-state index contributed by atoms with van der Waals surface area (Å²) in [6, 6.07) is 8.23. The number of hydrogen-bond donors (Lipinski definition) is 2. The normalized spacial score (nSPS) is 19.4. The standard InChI is InChI=1S/C13H20N4O/c1-16(9-13(15)18)10-6-7-17(8-10)12-5-3-2-4-11(12)14/h2-5,10H,6-9,14H2,1H3,(H2,15,18)/t10-/m0/s1. The van der Waals surface area contributed by atoms with Crippen molar-refractivity contribution in [2.45, 2.75) is 12.5 Å². The smallest absolute Gasteiger partial charge is 0.231 e. The highest BCUT2D eigenvalue weighted by molar-refractivity contribution is 5.76. The van der Waals surface area contributed by atoms with Crippen molar-refractivity contribution in [2.24, 2.45) is 5.73 Å². The van der Waals surface area contributed by atoms with Crippen LogP contribution in [0.5, 0.6) is 0 Å². The van der Waals surface area contributed by atoms with Crippen LogP contribution >= 0.6 is 0 Å². The van der Waals surface area contributed by atoms with Crippen LogP contribution in [0.2, 0.25) is 0 Å². The van der Waals surface area contributed by atoms with Gasteiger partial charge in [0.25, 0.3) is 0 Å². The van der Waals surface area contributed by atoms with Crippen LogP contribution in [0.4, 0.5) is 11.4 Å². The van der Waals surface area contributed by atoms with E-state index in [0.717, 1.165) is 30.9 Å². The lowest BCUT2D eigenvalue weighted by Crippen LogP contribution is -2.40. The van der Waals surface area contributed by atoms with Gasteiger partial charge < -0.3 is 16.4 Å². The minimum absolute atomic E-state index is 0.282. The number of likely N-dealkylation sites (N-methyl/N-ethyl adjacent to an activating group) is 1. The van der Waals surface area contributed by atoms with Crippen molar-refractivity contribution in [2.75, 3.05) is 37.3 Å². The third kappa shape index (κ3) is 2.73. The van der Waals surface area contributed by atoms with Gasteiger partial charge in [-0.3, -0.25) is 9.69 Å². The first-order chi connectivity index (χ1) is 8.58. The van der Waals surface area contributed by atoms with Crippen LogP contribution in [0.3, 0.4) is 0 Å². The zero-order valence-electron chi connectivity index (χ0n) is 10.7. The van der Waals surface area contributed by atoms with Gasteiger partial charge in [-0.25, -0.2) is 0 Å². The molecule has 0 radical (unpaired) electrons. The SMILES string of the molecule is CN(CC(N)=O)[C@H]1CCN(c2ccccc2N)C1. The van der Waals surface area contributed by atoms with E-state index in [1.54, 1.807) is 0 Å². The van der Waals surface area contributed by atoms with Crippen LogP contribution in [0, 0.1) is 0 Å². The van der Waals surface area contributed by atoms with Gasteiger partial charge in [-0.15, -0.1) is 0 Å². The Balaban J connectivity index is 2.00. The topological polar surface area (TPSA) is 75.6 Å². The third-order valence-corrected chi connectivity index (χ3v) is 3.47. The monoisotopic (exact) mass is 248 g/mol. The van der Waals surface area contributed by atoms with E-state index in [1.165, 1.54) is 0 Å². The van der Waals surface area contributed by atoms with Gasteiger partial charge in [0, 0.05) is 19.1 Å². The minimum Gasteiger partial charge on any atom is -0.397 e. The summed E-state index contributed by atoms with van der Waals surface area (Å²) in [6.07, 6.45) is 1.03. The van der Waals surface area contributed by atoms with E-state index < -0.39 is 0 Å². The Hall–Kier alpha value is -1.75. The Kier molecular flexibility index (Phi) is 3.72. The molecule has 2 rings (SSSR count). The third-order valence-electron chi connectivity index (χ3n) is 3.47. The summed E-state index contributed by atoms with van der Waals surface area (Å²) in [6.45, 7) is 2.16. The Labute approximate surface area is 107 Å². The summed E-state index contributed by atoms with van der Waals surface area (Å²) in [5, 5.41) is 0. The number of carbonyl (C=O) groups is 1. The van der Waals surface area contributed by atoms with Gasteiger partial charge in [-0.2, -0.15) is 0 Å². The molecule has 1 aromatic rings. The van der Waals surface area contributed by atoms with Crippen molar-refractivity contribution in [1.82, 2.24) is 4.90 Å². The Morgan fingerprint density at radius 2 is 2.22 bits per heavy atom. The summed E-state index contributed by atoms with van der Waals surface area (Å²) in [5.74, 6) is -0.282. The Morgan fingerprint density at radius 1 is 1.50 bits per heavy atom. The van der Waals surface area contributed by atoms with Crippen molar-refractivity contribution >= 4 is 17.3 Å². The highest BCUT2D eigenvalue weighted by atomic mass is 16.1. The summed E-state index contributed by atoms with van der Waals surface area (Å²) >= 11 is 0. The molecule has 18 heavy (non-hydrogen) atoms. The lowest BCUT2D eigenvalue weighted by atomic mass is 10.2. The number of para-hydroxylation sites is 2. The lowest BCUT2D eigenvalue weighted by molar-refractivity contribution is -0.119. The van der Waals surface area contributed by atoms with E-state index in [1.807, 2.05) is 36.2 Å². The molecule has 0 spiro atoms. The molecule has 0 saturated carbocycles. The fourth-order valence-corrected chi connectivity index (χ4v) is 2.47. The number of amides is 1. The molecule has 1 aliphatic rings. The van der Waals surface area contributed by atoms with Crippen LogP contribution in [-0.2, 0) is 4.79 Å². The minimum atomic E-state index is -0.282. The first-order valence-electron chi connectivity index (χ1n) is 6.16. The molecule has 0 aliphatic carbocycles. The molecule has 4 N–H and O–H groups in total. The summed E-state index contributed by atoms with van der Waals surface area (Å²) in [5.41, 5.74) is 13.1. The summed E-state index contributed by atoms with van der Waals surface area (Å²) in [4.78, 5) is 15.2. The van der Waals surface area contributed by atoms with Crippen molar-refractivity contribution in [1.29, 1.82) is 0 Å². The van der Waals surface area contributed by atoms with Crippen molar-refractivity contribution in [3.8, 4) is 0 Å². The number of nitrogens with zero attached hydrogens (tertiary/aromatic N) is 2.